The number of nitrogens with zero attached hydrogens (tertiary/aromatic N) is 2. The van der Waals surface area contributed by atoms with Crippen LogP contribution in [-0.2, 0) is 21.7 Å². The van der Waals surface area contributed by atoms with Crippen molar-refractivity contribution in [2.24, 2.45) is 0 Å². The zero-order valence-corrected chi connectivity index (χ0v) is 64.2. The molecular weight excluding hydrogens is 1370 g/mol. The molecule has 0 fully saturated rings. The summed E-state index contributed by atoms with van der Waals surface area (Å²) in [6, 6.07) is 156. The summed E-state index contributed by atoms with van der Waals surface area (Å²) in [5.41, 5.74) is 37.7. The van der Waals surface area contributed by atoms with E-state index >= 15 is 0 Å². The Hall–Kier alpha value is -13.9. The van der Waals surface area contributed by atoms with Crippen LogP contribution in [0.5, 0.6) is 0 Å². The topological polar surface area (TPSA) is 6.48 Å². The van der Waals surface area contributed by atoms with Gasteiger partial charge >= 0.3 is 0 Å². The van der Waals surface area contributed by atoms with Crippen LogP contribution >= 0.6 is 0 Å². The van der Waals surface area contributed by atoms with E-state index in [2.05, 4.69) is 450 Å². The van der Waals surface area contributed by atoms with Crippen LogP contribution in [-0.4, -0.2) is 0 Å². The molecule has 18 aromatic rings. The van der Waals surface area contributed by atoms with E-state index in [1.165, 1.54) is 150 Å². The smallest absolute Gasteiger partial charge is 0.0714 e. The fourth-order valence-corrected chi connectivity index (χ4v) is 20.6. The van der Waals surface area contributed by atoms with E-state index in [1.807, 2.05) is 0 Å². The first kappa shape index (κ1) is 67.0. The van der Waals surface area contributed by atoms with Crippen LogP contribution < -0.4 is 9.80 Å². The number of fused-ring (bicyclic) bond motifs is 14. The highest BCUT2D eigenvalue weighted by Gasteiger charge is 2.49. The number of rotatable bonds is 13. The molecule has 18 aromatic carbocycles. The van der Waals surface area contributed by atoms with Gasteiger partial charge in [0.05, 0.1) is 10.8 Å². The SMILES string of the molecule is CC1(C)c2ccccc2-c2ccc(N(c3ccc(-c4cccc5cc(-c6cccc(C7(c8ccccc8)c8ccccc8-c8ccc(N(c9ccc(-c%10ccc%11ccccc%11c%10)cc9)c9ccc%10c(c9)C(C)(C)c9ccccc9-%10)cc87)c6)ccc45)cc3)c3ccc4c(c3)C(c3ccccc3)(c3ccccc3)c3ccccc3-4)cc21. The Bertz CT molecular complexity index is 6870. The lowest BCUT2D eigenvalue weighted by molar-refractivity contribution is 0.660. The fourth-order valence-electron chi connectivity index (χ4n) is 20.6. The van der Waals surface area contributed by atoms with Gasteiger partial charge < -0.3 is 9.80 Å². The van der Waals surface area contributed by atoms with Gasteiger partial charge in [0, 0.05) is 45.0 Å². The van der Waals surface area contributed by atoms with Crippen LogP contribution in [0.25, 0.3) is 99.4 Å². The van der Waals surface area contributed by atoms with E-state index in [0.717, 1.165) is 50.8 Å². The van der Waals surface area contributed by atoms with Crippen molar-refractivity contribution in [3.63, 3.8) is 0 Å². The summed E-state index contributed by atoms with van der Waals surface area (Å²) < 4.78 is 0. The minimum Gasteiger partial charge on any atom is -0.310 e. The lowest BCUT2D eigenvalue weighted by Crippen LogP contribution is -2.29. The minimum atomic E-state index is -0.692. The van der Waals surface area contributed by atoms with Crippen molar-refractivity contribution in [1.82, 2.24) is 0 Å². The average Bonchev–Trinajstić information content (AvgIpc) is 1.53. The van der Waals surface area contributed by atoms with Crippen molar-refractivity contribution in [1.29, 1.82) is 0 Å². The zero-order chi connectivity index (χ0) is 76.0. The molecule has 0 spiro atoms. The summed E-state index contributed by atoms with van der Waals surface area (Å²) in [5, 5.41) is 4.87. The molecule has 22 rings (SSSR count). The lowest BCUT2D eigenvalue weighted by atomic mass is 9.67. The van der Waals surface area contributed by atoms with Crippen LogP contribution in [0.1, 0.15) is 94.5 Å². The Morgan fingerprint density at radius 1 is 0.167 bits per heavy atom. The van der Waals surface area contributed by atoms with Crippen molar-refractivity contribution in [2.75, 3.05) is 9.80 Å². The van der Waals surface area contributed by atoms with Crippen molar-refractivity contribution in [3.05, 3.63) is 479 Å². The maximum atomic E-state index is 2.52. The number of anilines is 6. The molecule has 1 atom stereocenters. The van der Waals surface area contributed by atoms with Gasteiger partial charge in [-0.1, -0.05) is 349 Å². The summed E-state index contributed by atoms with van der Waals surface area (Å²) in [6.45, 7) is 9.53. The third-order valence-corrected chi connectivity index (χ3v) is 26.0. The number of benzene rings is 18. The number of hydrogen-bond acceptors (Lipinski definition) is 2. The van der Waals surface area contributed by atoms with Gasteiger partial charge in [0.1, 0.15) is 0 Å². The van der Waals surface area contributed by atoms with Crippen LogP contribution in [0, 0.1) is 0 Å². The van der Waals surface area contributed by atoms with Crippen LogP contribution in [0.3, 0.4) is 0 Å². The first-order valence-corrected chi connectivity index (χ1v) is 40.1. The van der Waals surface area contributed by atoms with E-state index in [-0.39, 0.29) is 10.8 Å². The molecule has 0 aromatic heterocycles. The van der Waals surface area contributed by atoms with E-state index in [9.17, 15) is 0 Å². The Balaban J connectivity index is 0.650. The highest BCUT2D eigenvalue weighted by molar-refractivity contribution is 6.01. The molecule has 4 aliphatic rings. The Morgan fingerprint density at radius 2 is 0.482 bits per heavy atom. The summed E-state index contributed by atoms with van der Waals surface area (Å²) >= 11 is 0. The molecule has 538 valence electrons. The van der Waals surface area contributed by atoms with Gasteiger partial charge in [-0.3, -0.25) is 0 Å². The fraction of sp³-hybridized carbons (Fsp3) is 0.0714. The van der Waals surface area contributed by atoms with Crippen LogP contribution in [0.4, 0.5) is 34.1 Å². The first-order valence-electron chi connectivity index (χ1n) is 40.1. The Labute approximate surface area is 667 Å². The number of hydrogen-bond donors (Lipinski definition) is 0. The van der Waals surface area contributed by atoms with Crippen molar-refractivity contribution in [2.45, 2.75) is 49.4 Å². The Morgan fingerprint density at radius 3 is 0.982 bits per heavy atom. The zero-order valence-electron chi connectivity index (χ0n) is 64.2. The third-order valence-electron chi connectivity index (χ3n) is 26.0. The van der Waals surface area contributed by atoms with E-state index in [4.69, 9.17) is 0 Å². The lowest BCUT2D eigenvalue weighted by Gasteiger charge is -2.35. The van der Waals surface area contributed by atoms with Gasteiger partial charge in [0.15, 0.2) is 0 Å². The van der Waals surface area contributed by atoms with Crippen molar-refractivity contribution >= 4 is 55.7 Å². The first-order chi connectivity index (χ1) is 56.0. The quantitative estimate of drug-likeness (QED) is 0.114. The maximum Gasteiger partial charge on any atom is 0.0714 e. The molecule has 1 unspecified atom stereocenters. The van der Waals surface area contributed by atoms with E-state index in [0.29, 0.717) is 0 Å². The monoisotopic (exact) mass is 1450 g/mol. The van der Waals surface area contributed by atoms with Gasteiger partial charge in [-0.05, 0) is 257 Å². The molecule has 0 bridgehead atoms. The molecule has 0 radical (unpaired) electrons. The van der Waals surface area contributed by atoms with Gasteiger partial charge in [-0.2, -0.15) is 0 Å². The summed E-state index contributed by atoms with van der Waals surface area (Å²) in [4.78, 5) is 4.99. The molecule has 0 aliphatic heterocycles. The van der Waals surface area contributed by atoms with E-state index < -0.39 is 10.8 Å². The average molecular weight is 1450 g/mol. The molecular formula is C112H80N2. The summed E-state index contributed by atoms with van der Waals surface area (Å²) in [7, 11) is 0. The van der Waals surface area contributed by atoms with Gasteiger partial charge in [-0.25, -0.2) is 0 Å². The van der Waals surface area contributed by atoms with Crippen LogP contribution in [0.2, 0.25) is 0 Å². The van der Waals surface area contributed by atoms with Gasteiger partial charge in [0.25, 0.3) is 0 Å². The molecule has 0 saturated heterocycles. The summed E-state index contributed by atoms with van der Waals surface area (Å²) in [5.74, 6) is 0. The van der Waals surface area contributed by atoms with Gasteiger partial charge in [-0.15, -0.1) is 0 Å². The summed E-state index contributed by atoms with van der Waals surface area (Å²) in [6.07, 6.45) is 0. The molecule has 0 heterocycles. The minimum absolute atomic E-state index is 0.191. The van der Waals surface area contributed by atoms with E-state index in [1.54, 1.807) is 0 Å². The van der Waals surface area contributed by atoms with Crippen LogP contribution in [0.15, 0.2) is 413 Å². The second kappa shape index (κ2) is 25.8. The maximum absolute atomic E-state index is 2.52. The molecule has 4 aliphatic carbocycles. The highest BCUT2D eigenvalue weighted by Crippen LogP contribution is 2.61. The Kier molecular flexibility index (Phi) is 15.2. The second-order valence-electron chi connectivity index (χ2n) is 32.6. The molecule has 2 nitrogen and oxygen atoms in total. The standard InChI is InChI=1S/C112H80N2/c1-109(2)101-42-20-16-37-93(101)97-62-57-87(69-105(97)109)113(85-53-48-74(49-54-85)78-47-46-73-26-14-15-27-76(73)66-78)90-60-65-100-96-40-19-23-45-104(96)112(108(100)72-90,83-34-12-7-13-35-83)84-36-24-28-77(68-84)79-52-61-92-80(67-79)29-25-41-91(92)75-50-55-86(56-51-75)114(88-58-63-98-94-38-17-21-43-102(94)110(3,4)106(98)70-88)89-59-64-99-95-39-18-22-44-103(95)111(107(99)71-89,81-30-8-5-9-31-81)82-32-10-6-11-33-82/h5-72H,1-4H3. The third kappa shape index (κ3) is 10.1. The van der Waals surface area contributed by atoms with Gasteiger partial charge in [0.2, 0.25) is 0 Å². The predicted octanol–water partition coefficient (Wildman–Crippen LogP) is 29.3. The largest absolute Gasteiger partial charge is 0.310 e. The normalized spacial score (nSPS) is 15.1. The molecule has 0 amide bonds. The van der Waals surface area contributed by atoms with Crippen molar-refractivity contribution in [3.8, 4) is 77.9 Å². The molecule has 114 heavy (non-hydrogen) atoms. The molecule has 0 N–H and O–H groups in total. The highest BCUT2D eigenvalue weighted by atomic mass is 15.1. The molecule has 2 heteroatoms. The second-order valence-corrected chi connectivity index (χ2v) is 32.6. The van der Waals surface area contributed by atoms with Crippen molar-refractivity contribution < 1.29 is 0 Å². The molecule has 0 saturated carbocycles. The predicted molar refractivity (Wildman–Crippen MR) is 477 cm³/mol.